The summed E-state index contributed by atoms with van der Waals surface area (Å²) in [6.45, 7) is 2.66. The Bertz CT molecular complexity index is 208. The maximum absolute atomic E-state index is 10.8. The molecular formula is C12H21IO3. The molecule has 0 aromatic rings. The van der Waals surface area contributed by atoms with Gasteiger partial charge < -0.3 is 9.47 Å². The van der Waals surface area contributed by atoms with Crippen LogP contribution < -0.4 is 0 Å². The molecule has 0 saturated carbocycles. The molecule has 0 spiro atoms. The monoisotopic (exact) mass is 340 g/mol. The molecule has 1 fully saturated rings. The predicted octanol–water partition coefficient (Wildman–Crippen LogP) is 4.08. The first kappa shape index (κ1) is 14.1. The number of cyclic esters (lactones) is 2. The molecule has 0 aliphatic carbocycles. The van der Waals surface area contributed by atoms with E-state index in [2.05, 4.69) is 29.5 Å². The van der Waals surface area contributed by atoms with Crippen LogP contribution in [0, 0.1) is 0 Å². The van der Waals surface area contributed by atoms with Crippen molar-refractivity contribution in [1.29, 1.82) is 0 Å². The molecule has 1 aliphatic heterocycles. The van der Waals surface area contributed by atoms with Crippen LogP contribution in [0.4, 0.5) is 4.79 Å². The number of carbonyl (C=O) groups excluding carboxylic acids is 1. The van der Waals surface area contributed by atoms with Gasteiger partial charge >= 0.3 is 6.16 Å². The Labute approximate surface area is 111 Å². The van der Waals surface area contributed by atoms with E-state index < -0.39 is 6.16 Å². The van der Waals surface area contributed by atoms with Crippen molar-refractivity contribution in [3.63, 3.8) is 0 Å². The van der Waals surface area contributed by atoms with Gasteiger partial charge in [0, 0.05) is 0 Å². The molecule has 4 heteroatoms. The van der Waals surface area contributed by atoms with Gasteiger partial charge in [-0.05, 0) is 6.42 Å². The van der Waals surface area contributed by atoms with Crippen molar-refractivity contribution in [3.05, 3.63) is 0 Å². The summed E-state index contributed by atoms with van der Waals surface area (Å²) in [5.41, 5.74) is 0. The topological polar surface area (TPSA) is 35.5 Å². The van der Waals surface area contributed by atoms with Crippen molar-refractivity contribution in [3.8, 4) is 0 Å². The maximum atomic E-state index is 10.8. The smallest absolute Gasteiger partial charge is 0.430 e. The molecule has 2 unspecified atom stereocenters. The molecule has 2 atom stereocenters. The van der Waals surface area contributed by atoms with Crippen LogP contribution in [0.3, 0.4) is 0 Å². The van der Waals surface area contributed by atoms with Crippen molar-refractivity contribution in [1.82, 2.24) is 0 Å². The van der Waals surface area contributed by atoms with E-state index >= 15 is 0 Å². The fourth-order valence-electron chi connectivity index (χ4n) is 1.83. The number of hydrogen-bond acceptors (Lipinski definition) is 3. The summed E-state index contributed by atoms with van der Waals surface area (Å²) in [5.74, 6) is 0. The second-order valence-corrected chi connectivity index (χ2v) is 5.89. The van der Waals surface area contributed by atoms with Crippen LogP contribution in [0.1, 0.15) is 51.9 Å². The van der Waals surface area contributed by atoms with Gasteiger partial charge in [0.15, 0.2) is 6.10 Å². The summed E-state index contributed by atoms with van der Waals surface area (Å²) in [4.78, 5) is 10.8. The first-order chi connectivity index (χ1) is 7.74. The van der Waals surface area contributed by atoms with E-state index in [-0.39, 0.29) is 6.10 Å². The van der Waals surface area contributed by atoms with Crippen LogP contribution in [0.5, 0.6) is 0 Å². The fourth-order valence-corrected chi connectivity index (χ4v) is 2.62. The molecule has 0 amide bonds. The zero-order chi connectivity index (χ0) is 11.8. The lowest BCUT2D eigenvalue weighted by Crippen LogP contribution is -2.22. The number of rotatable bonds is 8. The number of unbranched alkanes of at least 4 members (excludes halogenated alkanes) is 5. The van der Waals surface area contributed by atoms with Gasteiger partial charge in [-0.2, -0.15) is 0 Å². The van der Waals surface area contributed by atoms with Crippen LogP contribution in [0.15, 0.2) is 0 Å². The van der Waals surface area contributed by atoms with Gasteiger partial charge in [0.25, 0.3) is 0 Å². The van der Waals surface area contributed by atoms with E-state index in [9.17, 15) is 4.79 Å². The highest BCUT2D eigenvalue weighted by molar-refractivity contribution is 14.1. The average molecular weight is 340 g/mol. The quantitative estimate of drug-likeness (QED) is 0.289. The molecule has 0 N–H and O–H groups in total. The third-order valence-electron chi connectivity index (χ3n) is 2.85. The van der Waals surface area contributed by atoms with Crippen molar-refractivity contribution in [2.45, 2.75) is 61.9 Å². The van der Waals surface area contributed by atoms with Crippen molar-refractivity contribution in [2.75, 3.05) is 6.61 Å². The minimum atomic E-state index is -0.505. The van der Waals surface area contributed by atoms with Crippen LogP contribution >= 0.6 is 22.6 Å². The minimum Gasteiger partial charge on any atom is -0.430 e. The molecular weight excluding hydrogens is 319 g/mol. The Hall–Kier alpha value is 0. The van der Waals surface area contributed by atoms with Crippen LogP contribution in [-0.2, 0) is 9.47 Å². The zero-order valence-corrected chi connectivity index (χ0v) is 12.1. The molecule has 94 valence electrons. The second kappa shape index (κ2) is 8.14. The lowest BCUT2D eigenvalue weighted by atomic mass is 10.1. The van der Waals surface area contributed by atoms with Crippen LogP contribution in [0.2, 0.25) is 0 Å². The van der Waals surface area contributed by atoms with Crippen LogP contribution in [0.25, 0.3) is 0 Å². The maximum Gasteiger partial charge on any atom is 0.508 e. The molecule has 1 saturated heterocycles. The normalized spacial score (nSPS) is 21.6. The third-order valence-corrected chi connectivity index (χ3v) is 4.27. The SMILES string of the molecule is CCCCCCCCC(I)C1COC(=O)O1. The Morgan fingerprint density at radius 3 is 2.62 bits per heavy atom. The van der Waals surface area contributed by atoms with Gasteiger partial charge in [-0.1, -0.05) is 68.0 Å². The molecule has 0 radical (unpaired) electrons. The first-order valence-corrected chi connectivity index (χ1v) is 7.46. The van der Waals surface area contributed by atoms with E-state index in [0.717, 1.165) is 6.42 Å². The highest BCUT2D eigenvalue weighted by Gasteiger charge is 2.30. The van der Waals surface area contributed by atoms with Gasteiger partial charge in [0.05, 0.1) is 3.92 Å². The van der Waals surface area contributed by atoms with Gasteiger partial charge in [0.2, 0.25) is 0 Å². The number of alkyl halides is 1. The second-order valence-electron chi connectivity index (χ2n) is 4.29. The summed E-state index contributed by atoms with van der Waals surface area (Å²) in [7, 11) is 0. The van der Waals surface area contributed by atoms with Gasteiger partial charge in [-0.15, -0.1) is 0 Å². The fraction of sp³-hybridized carbons (Fsp3) is 0.917. The molecule has 1 rings (SSSR count). The molecule has 0 bridgehead atoms. The Morgan fingerprint density at radius 1 is 1.31 bits per heavy atom. The zero-order valence-electron chi connectivity index (χ0n) is 9.91. The molecule has 3 nitrogen and oxygen atoms in total. The van der Waals surface area contributed by atoms with Gasteiger partial charge in [-0.3, -0.25) is 0 Å². The highest BCUT2D eigenvalue weighted by atomic mass is 127. The van der Waals surface area contributed by atoms with E-state index in [1.807, 2.05) is 0 Å². The highest BCUT2D eigenvalue weighted by Crippen LogP contribution is 2.22. The average Bonchev–Trinajstić information content (AvgIpc) is 2.70. The first-order valence-electron chi connectivity index (χ1n) is 6.21. The molecule has 1 aliphatic rings. The number of hydrogen-bond donors (Lipinski definition) is 0. The number of carbonyl (C=O) groups is 1. The molecule has 0 aromatic carbocycles. The minimum absolute atomic E-state index is 0.0243. The van der Waals surface area contributed by atoms with E-state index in [1.54, 1.807) is 0 Å². The molecule has 1 heterocycles. The Balaban J connectivity index is 1.98. The third kappa shape index (κ3) is 5.37. The van der Waals surface area contributed by atoms with Crippen molar-refractivity contribution < 1.29 is 14.3 Å². The lowest BCUT2D eigenvalue weighted by molar-refractivity contribution is 0.118. The lowest BCUT2D eigenvalue weighted by Gasteiger charge is -2.13. The molecule has 16 heavy (non-hydrogen) atoms. The summed E-state index contributed by atoms with van der Waals surface area (Å²) in [6.07, 6.45) is 8.44. The number of ether oxygens (including phenoxy) is 2. The summed E-state index contributed by atoms with van der Waals surface area (Å²) >= 11 is 2.36. The van der Waals surface area contributed by atoms with E-state index in [1.165, 1.54) is 38.5 Å². The summed E-state index contributed by atoms with van der Waals surface area (Å²) in [6, 6.07) is 0. The standard InChI is InChI=1S/C12H21IO3/c1-2-3-4-5-6-7-8-10(13)11-9-15-12(14)16-11/h10-11H,2-9H2,1H3. The van der Waals surface area contributed by atoms with Gasteiger partial charge in [-0.25, -0.2) is 4.79 Å². The number of halogens is 1. The Kier molecular flexibility index (Phi) is 7.16. The summed E-state index contributed by atoms with van der Waals surface area (Å²) < 4.78 is 10.2. The van der Waals surface area contributed by atoms with Gasteiger partial charge in [0.1, 0.15) is 6.61 Å². The van der Waals surface area contributed by atoms with E-state index in [0.29, 0.717) is 10.5 Å². The molecule has 0 aromatic heterocycles. The summed E-state index contributed by atoms with van der Waals surface area (Å²) in [5, 5.41) is 0. The predicted molar refractivity (Wildman–Crippen MR) is 72.0 cm³/mol. The van der Waals surface area contributed by atoms with E-state index in [4.69, 9.17) is 9.47 Å². The van der Waals surface area contributed by atoms with Crippen LogP contribution in [-0.4, -0.2) is 22.8 Å². The van der Waals surface area contributed by atoms with Crippen molar-refractivity contribution >= 4 is 28.7 Å². The van der Waals surface area contributed by atoms with Crippen molar-refractivity contribution in [2.24, 2.45) is 0 Å². The largest absolute Gasteiger partial charge is 0.508 e. The Morgan fingerprint density at radius 2 is 2.00 bits per heavy atom.